The highest BCUT2D eigenvalue weighted by atomic mass is 16.3. The van der Waals surface area contributed by atoms with Crippen molar-refractivity contribution in [1.82, 2.24) is 0 Å². The molecule has 1 aromatic rings. The summed E-state index contributed by atoms with van der Waals surface area (Å²) in [6, 6.07) is 9.01. The Kier molecular flexibility index (Phi) is 12.7. The van der Waals surface area contributed by atoms with Gasteiger partial charge in [0.1, 0.15) is 5.78 Å². The average Bonchev–Trinajstić information content (AvgIpc) is 3.29. The second-order valence-electron chi connectivity index (χ2n) is 11.6. The Balaban J connectivity index is 0.00000127. The van der Waals surface area contributed by atoms with E-state index < -0.39 is 0 Å². The van der Waals surface area contributed by atoms with Crippen molar-refractivity contribution in [2.24, 2.45) is 23.2 Å². The van der Waals surface area contributed by atoms with Crippen LogP contribution in [0, 0.1) is 23.2 Å². The lowest BCUT2D eigenvalue weighted by atomic mass is 9.54. The van der Waals surface area contributed by atoms with Crippen molar-refractivity contribution in [3.63, 3.8) is 0 Å². The fourth-order valence-electron chi connectivity index (χ4n) is 7.68. The van der Waals surface area contributed by atoms with Crippen LogP contribution in [0.25, 0.3) is 0 Å². The van der Waals surface area contributed by atoms with E-state index in [2.05, 4.69) is 57.0 Å². The molecule has 218 valence electrons. The Morgan fingerprint density at radius 1 is 1.05 bits per heavy atom. The van der Waals surface area contributed by atoms with Gasteiger partial charge in [0.2, 0.25) is 0 Å². The van der Waals surface area contributed by atoms with Crippen LogP contribution in [-0.4, -0.2) is 36.9 Å². The zero-order chi connectivity index (χ0) is 29.3. The SMILES string of the molecule is CC.CC.CC(=O)C1CCC2C(C)/C(=C3/CCC(=O)C=C3C)C(c3ccc(N(C)CCCCO)cc3)CC12C. The molecule has 4 rings (SSSR count). The smallest absolute Gasteiger partial charge is 0.156 e. The van der Waals surface area contributed by atoms with E-state index in [1.807, 2.05) is 33.8 Å². The molecule has 4 heteroatoms. The predicted molar refractivity (Wildman–Crippen MR) is 165 cm³/mol. The quantitative estimate of drug-likeness (QED) is 0.355. The number of benzene rings is 1. The van der Waals surface area contributed by atoms with Crippen LogP contribution in [0.4, 0.5) is 5.69 Å². The third-order valence-corrected chi connectivity index (χ3v) is 9.47. The summed E-state index contributed by atoms with van der Waals surface area (Å²) >= 11 is 0. The number of ketones is 2. The van der Waals surface area contributed by atoms with Crippen molar-refractivity contribution < 1.29 is 14.7 Å². The van der Waals surface area contributed by atoms with Gasteiger partial charge in [-0.3, -0.25) is 9.59 Å². The number of allylic oxidation sites excluding steroid dienone is 4. The van der Waals surface area contributed by atoms with E-state index in [1.165, 1.54) is 22.4 Å². The van der Waals surface area contributed by atoms with E-state index in [1.54, 1.807) is 6.92 Å². The summed E-state index contributed by atoms with van der Waals surface area (Å²) in [5.74, 6) is 1.91. The van der Waals surface area contributed by atoms with Gasteiger partial charge in [0.15, 0.2) is 5.78 Å². The molecule has 3 aliphatic rings. The van der Waals surface area contributed by atoms with Crippen molar-refractivity contribution in [1.29, 1.82) is 0 Å². The molecule has 2 fully saturated rings. The van der Waals surface area contributed by atoms with E-state index in [-0.39, 0.29) is 29.6 Å². The lowest BCUT2D eigenvalue weighted by Crippen LogP contribution is -2.42. The van der Waals surface area contributed by atoms with Crippen LogP contribution in [0.1, 0.15) is 112 Å². The second kappa shape index (κ2) is 15.0. The number of hydrogen-bond acceptors (Lipinski definition) is 4. The third-order valence-electron chi connectivity index (χ3n) is 9.47. The summed E-state index contributed by atoms with van der Waals surface area (Å²) in [5.41, 5.74) is 6.57. The number of Topliss-reactive ketones (excluding diaryl/α,β-unsaturated/α-hetero) is 1. The number of fused-ring (bicyclic) bond motifs is 1. The Morgan fingerprint density at radius 3 is 2.26 bits per heavy atom. The molecule has 3 aliphatic carbocycles. The number of rotatable bonds is 7. The molecule has 5 unspecified atom stereocenters. The molecule has 0 radical (unpaired) electrons. The van der Waals surface area contributed by atoms with Gasteiger partial charge < -0.3 is 10.0 Å². The normalized spacial score (nSPS) is 29.8. The molecule has 0 bridgehead atoms. The lowest BCUT2D eigenvalue weighted by molar-refractivity contribution is -0.125. The van der Waals surface area contributed by atoms with E-state index in [4.69, 9.17) is 5.11 Å². The zero-order valence-corrected chi connectivity index (χ0v) is 26.3. The van der Waals surface area contributed by atoms with Crippen molar-refractivity contribution in [3.05, 3.63) is 52.6 Å². The topological polar surface area (TPSA) is 57.6 Å². The van der Waals surface area contributed by atoms with Crippen molar-refractivity contribution in [2.75, 3.05) is 25.1 Å². The highest BCUT2D eigenvalue weighted by Crippen LogP contribution is 2.63. The predicted octanol–water partition coefficient (Wildman–Crippen LogP) is 8.30. The van der Waals surface area contributed by atoms with Gasteiger partial charge in [-0.05, 0) is 105 Å². The number of nitrogens with zero attached hydrogens (tertiary/aromatic N) is 1. The van der Waals surface area contributed by atoms with Gasteiger partial charge in [-0.15, -0.1) is 0 Å². The van der Waals surface area contributed by atoms with Gasteiger partial charge in [0, 0.05) is 44.1 Å². The first-order valence-corrected chi connectivity index (χ1v) is 15.5. The standard InChI is InChI=1S/C31H43NO3.2C2H6/c1-20-18-25(35)12-13-26(20)30-21(2)28-14-15-29(22(3)34)31(28,4)19-27(30)23-8-10-24(11-9-23)32(5)16-6-7-17-33;2*1-2/h8-11,18,21,27-29,33H,6-7,12-17,19H2,1-5H3;2*1-2H3/b30-26+;;. The molecule has 0 aliphatic heterocycles. The van der Waals surface area contributed by atoms with Gasteiger partial charge in [-0.25, -0.2) is 0 Å². The van der Waals surface area contributed by atoms with Crippen molar-refractivity contribution >= 4 is 17.3 Å². The van der Waals surface area contributed by atoms with E-state index in [0.29, 0.717) is 24.0 Å². The highest BCUT2D eigenvalue weighted by Gasteiger charge is 2.55. The molecule has 1 aromatic carbocycles. The van der Waals surface area contributed by atoms with Crippen LogP contribution < -0.4 is 4.90 Å². The minimum absolute atomic E-state index is 0.0157. The molecule has 0 spiro atoms. The Hall–Kier alpha value is -2.20. The lowest BCUT2D eigenvalue weighted by Gasteiger charge is -2.50. The fraction of sp³-hybridized carbons (Fsp3) is 0.657. The number of carbonyl (C=O) groups excluding carboxylic acids is 2. The van der Waals surface area contributed by atoms with Crippen molar-refractivity contribution in [3.8, 4) is 0 Å². The molecule has 0 heterocycles. The molecule has 0 aromatic heterocycles. The highest BCUT2D eigenvalue weighted by molar-refractivity contribution is 5.92. The number of aliphatic hydroxyl groups is 1. The Bertz CT molecular complexity index is 1020. The summed E-state index contributed by atoms with van der Waals surface area (Å²) in [7, 11) is 2.11. The van der Waals surface area contributed by atoms with E-state index in [9.17, 15) is 9.59 Å². The minimum atomic E-state index is 0.0157. The van der Waals surface area contributed by atoms with Gasteiger partial charge in [0.25, 0.3) is 0 Å². The van der Waals surface area contributed by atoms with Crippen LogP contribution in [0.5, 0.6) is 0 Å². The number of anilines is 1. The van der Waals surface area contributed by atoms with Crippen LogP contribution in [0.2, 0.25) is 0 Å². The maximum Gasteiger partial charge on any atom is 0.156 e. The van der Waals surface area contributed by atoms with Crippen molar-refractivity contribution in [2.45, 2.75) is 106 Å². The first-order valence-electron chi connectivity index (χ1n) is 15.5. The maximum atomic E-state index is 12.7. The number of hydrogen-bond donors (Lipinski definition) is 1. The summed E-state index contributed by atoms with van der Waals surface area (Å²) in [6.45, 7) is 17.8. The molecule has 4 nitrogen and oxygen atoms in total. The van der Waals surface area contributed by atoms with Gasteiger partial charge in [0.05, 0.1) is 0 Å². The molecule has 0 saturated heterocycles. The molecular weight excluding hydrogens is 482 g/mol. The van der Waals surface area contributed by atoms with E-state index >= 15 is 0 Å². The van der Waals surface area contributed by atoms with Crippen LogP contribution in [-0.2, 0) is 9.59 Å². The number of aliphatic hydroxyl groups excluding tert-OH is 1. The Labute approximate surface area is 239 Å². The van der Waals surface area contributed by atoms with Crippen LogP contribution >= 0.6 is 0 Å². The summed E-state index contributed by atoms with van der Waals surface area (Å²) in [5, 5.41) is 9.09. The first-order chi connectivity index (χ1) is 18.7. The van der Waals surface area contributed by atoms with Gasteiger partial charge >= 0.3 is 0 Å². The second-order valence-corrected chi connectivity index (χ2v) is 11.6. The third kappa shape index (κ3) is 7.12. The molecule has 2 saturated carbocycles. The summed E-state index contributed by atoms with van der Waals surface area (Å²) in [6.07, 6.45) is 8.20. The first kappa shape index (κ1) is 33.0. The van der Waals surface area contributed by atoms with Crippen LogP contribution in [0.15, 0.2) is 47.1 Å². The molecule has 1 N–H and O–H groups in total. The van der Waals surface area contributed by atoms with E-state index in [0.717, 1.165) is 50.6 Å². The maximum absolute atomic E-state index is 12.7. The molecule has 0 amide bonds. The largest absolute Gasteiger partial charge is 0.396 e. The average molecular weight is 538 g/mol. The summed E-state index contributed by atoms with van der Waals surface area (Å²) < 4.78 is 0. The van der Waals surface area contributed by atoms with Gasteiger partial charge in [-0.1, -0.05) is 59.2 Å². The number of carbonyl (C=O) groups is 2. The minimum Gasteiger partial charge on any atom is -0.396 e. The Morgan fingerprint density at radius 2 is 1.69 bits per heavy atom. The molecule has 39 heavy (non-hydrogen) atoms. The summed E-state index contributed by atoms with van der Waals surface area (Å²) in [4.78, 5) is 27.1. The zero-order valence-electron chi connectivity index (χ0n) is 26.3. The van der Waals surface area contributed by atoms with Gasteiger partial charge in [-0.2, -0.15) is 0 Å². The monoisotopic (exact) mass is 537 g/mol. The molecular formula is C35H55NO3. The van der Waals surface area contributed by atoms with Crippen LogP contribution in [0.3, 0.4) is 0 Å². The fourth-order valence-corrected chi connectivity index (χ4v) is 7.68. The number of unbranched alkanes of at least 4 members (excludes halogenated alkanes) is 1. The molecule has 5 atom stereocenters.